The Balaban J connectivity index is 1.96. The third-order valence-corrected chi connectivity index (χ3v) is 6.09. The van der Waals surface area contributed by atoms with E-state index in [0.29, 0.717) is 0 Å². The summed E-state index contributed by atoms with van der Waals surface area (Å²) in [6.07, 6.45) is 13.3. The first kappa shape index (κ1) is 15.6. The molecule has 128 valence electrons. The van der Waals surface area contributed by atoms with Crippen LogP contribution in [0.25, 0.3) is 21.9 Å². The van der Waals surface area contributed by atoms with Crippen molar-refractivity contribution in [2.24, 2.45) is 0 Å². The molecule has 0 aliphatic heterocycles. The van der Waals surface area contributed by atoms with E-state index in [1.54, 1.807) is 0 Å². The fraction of sp³-hybridized carbons (Fsp3) is 0.231. The van der Waals surface area contributed by atoms with Crippen LogP contribution >= 0.6 is 0 Å². The van der Waals surface area contributed by atoms with Crippen LogP contribution in [0, 0.1) is 13.8 Å². The van der Waals surface area contributed by atoms with Gasteiger partial charge in [-0.3, -0.25) is 0 Å². The van der Waals surface area contributed by atoms with Crippen LogP contribution in [0.1, 0.15) is 41.5 Å². The van der Waals surface area contributed by atoms with Crippen LogP contribution in [0.15, 0.2) is 72.8 Å². The molecule has 0 saturated carbocycles. The highest BCUT2D eigenvalue weighted by Gasteiger charge is 2.40. The first-order valence-corrected chi connectivity index (χ1v) is 9.70. The Morgan fingerprint density at radius 2 is 1.50 bits per heavy atom. The summed E-state index contributed by atoms with van der Waals surface area (Å²) < 4.78 is 0. The highest BCUT2D eigenvalue weighted by atomic mass is 14.4. The molecule has 5 rings (SSSR count). The maximum absolute atomic E-state index is 2.46. The van der Waals surface area contributed by atoms with Gasteiger partial charge < -0.3 is 0 Å². The SMILES string of the molecule is Cc1ccc2c(c1)C1(C=CCCC/C=C\1)c1cc(C)c3ccccc3c1-2. The molecule has 0 heteroatoms. The average molecular weight is 336 g/mol. The molecule has 1 spiro atoms. The zero-order valence-corrected chi connectivity index (χ0v) is 15.5. The molecule has 0 saturated heterocycles. The van der Waals surface area contributed by atoms with Crippen molar-refractivity contribution in [1.82, 2.24) is 0 Å². The van der Waals surface area contributed by atoms with Crippen molar-refractivity contribution >= 4 is 10.8 Å². The van der Waals surface area contributed by atoms with E-state index in [-0.39, 0.29) is 5.41 Å². The molecule has 26 heavy (non-hydrogen) atoms. The summed E-state index contributed by atoms with van der Waals surface area (Å²) in [4.78, 5) is 0. The Morgan fingerprint density at radius 3 is 2.27 bits per heavy atom. The van der Waals surface area contributed by atoms with E-state index >= 15 is 0 Å². The van der Waals surface area contributed by atoms with Gasteiger partial charge in [-0.1, -0.05) is 78.4 Å². The molecule has 3 aromatic rings. The van der Waals surface area contributed by atoms with Crippen molar-refractivity contribution in [3.8, 4) is 11.1 Å². The molecule has 2 aliphatic carbocycles. The van der Waals surface area contributed by atoms with Gasteiger partial charge in [0.1, 0.15) is 0 Å². The molecule has 0 amide bonds. The van der Waals surface area contributed by atoms with Crippen LogP contribution in [0.5, 0.6) is 0 Å². The van der Waals surface area contributed by atoms with Crippen molar-refractivity contribution in [3.63, 3.8) is 0 Å². The standard InChI is InChI=1S/C26H24/c1-18-12-13-22-23(16-18)26(14-8-4-3-5-9-15-26)24-17-19(2)20-10-6-7-11-21(20)25(22)24/h6-17H,3-5H2,1-2H3/b14-8-,15-9?. The van der Waals surface area contributed by atoms with Crippen LogP contribution in [0.2, 0.25) is 0 Å². The van der Waals surface area contributed by atoms with Gasteiger partial charge in [0.2, 0.25) is 0 Å². The van der Waals surface area contributed by atoms with E-state index in [2.05, 4.69) is 86.7 Å². The summed E-state index contributed by atoms with van der Waals surface area (Å²) in [7, 11) is 0. The van der Waals surface area contributed by atoms with Gasteiger partial charge in [0.05, 0.1) is 5.41 Å². The Morgan fingerprint density at radius 1 is 0.769 bits per heavy atom. The maximum Gasteiger partial charge on any atom is 0.0575 e. The number of fused-ring (bicyclic) bond motifs is 7. The van der Waals surface area contributed by atoms with Crippen LogP contribution in [-0.4, -0.2) is 0 Å². The van der Waals surface area contributed by atoms with E-state index in [4.69, 9.17) is 0 Å². The smallest absolute Gasteiger partial charge is 0.0575 e. The van der Waals surface area contributed by atoms with Gasteiger partial charge in [-0.2, -0.15) is 0 Å². The molecule has 2 aliphatic rings. The van der Waals surface area contributed by atoms with E-state index in [1.807, 2.05) is 0 Å². The molecule has 0 aromatic heterocycles. The first-order valence-electron chi connectivity index (χ1n) is 9.70. The van der Waals surface area contributed by atoms with Gasteiger partial charge in [0.15, 0.2) is 0 Å². The van der Waals surface area contributed by atoms with Gasteiger partial charge in [-0.05, 0) is 71.7 Å². The molecule has 0 fully saturated rings. The lowest BCUT2D eigenvalue weighted by molar-refractivity contribution is 0.782. The Bertz CT molecular complexity index is 1060. The minimum atomic E-state index is -0.119. The molecule has 0 nitrogen and oxygen atoms in total. The lowest BCUT2D eigenvalue weighted by Gasteiger charge is -2.27. The van der Waals surface area contributed by atoms with Gasteiger partial charge in [0, 0.05) is 0 Å². The van der Waals surface area contributed by atoms with Gasteiger partial charge in [-0.25, -0.2) is 0 Å². The summed E-state index contributed by atoms with van der Waals surface area (Å²) in [6.45, 7) is 4.46. The fourth-order valence-electron chi connectivity index (χ4n) is 4.84. The molecule has 0 N–H and O–H groups in total. The number of benzene rings is 3. The monoisotopic (exact) mass is 336 g/mol. The Hall–Kier alpha value is -2.60. The molecule has 1 unspecified atom stereocenters. The quantitative estimate of drug-likeness (QED) is 0.387. The van der Waals surface area contributed by atoms with E-state index in [1.165, 1.54) is 50.6 Å². The van der Waals surface area contributed by atoms with Crippen molar-refractivity contribution in [2.45, 2.75) is 38.5 Å². The van der Waals surface area contributed by atoms with Gasteiger partial charge >= 0.3 is 0 Å². The van der Waals surface area contributed by atoms with E-state index in [0.717, 1.165) is 12.8 Å². The minimum Gasteiger partial charge on any atom is -0.0870 e. The number of aryl methyl sites for hydroxylation is 2. The van der Waals surface area contributed by atoms with Crippen LogP contribution in [0.3, 0.4) is 0 Å². The minimum absolute atomic E-state index is 0.119. The summed E-state index contributed by atoms with van der Waals surface area (Å²) in [5.74, 6) is 0. The number of allylic oxidation sites excluding steroid dienone is 4. The Labute approximate surface area is 155 Å². The number of hydrogen-bond acceptors (Lipinski definition) is 0. The van der Waals surface area contributed by atoms with Crippen molar-refractivity contribution in [1.29, 1.82) is 0 Å². The normalized spacial score (nSPS) is 22.1. The molecule has 0 heterocycles. The predicted octanol–water partition coefficient (Wildman–Crippen LogP) is 7.02. The average Bonchev–Trinajstić information content (AvgIpc) is 2.88. The fourth-order valence-corrected chi connectivity index (χ4v) is 4.84. The highest BCUT2D eigenvalue weighted by molar-refractivity contribution is 6.04. The molecule has 1 atom stereocenters. The third-order valence-electron chi connectivity index (χ3n) is 6.09. The van der Waals surface area contributed by atoms with Gasteiger partial charge in [0.25, 0.3) is 0 Å². The third kappa shape index (κ3) is 2.08. The molecular weight excluding hydrogens is 312 g/mol. The Kier molecular flexibility index (Phi) is 3.43. The topological polar surface area (TPSA) is 0 Å². The molecule has 3 aromatic carbocycles. The van der Waals surface area contributed by atoms with Crippen LogP contribution < -0.4 is 0 Å². The van der Waals surface area contributed by atoms with Crippen molar-refractivity contribution in [3.05, 3.63) is 95.1 Å². The number of hydrogen-bond donors (Lipinski definition) is 0. The second kappa shape index (κ2) is 5.71. The molecule has 0 radical (unpaired) electrons. The zero-order valence-electron chi connectivity index (χ0n) is 15.5. The lowest BCUT2D eigenvalue weighted by Crippen LogP contribution is -2.20. The summed E-state index contributed by atoms with van der Waals surface area (Å²) in [6, 6.07) is 18.3. The summed E-state index contributed by atoms with van der Waals surface area (Å²) in [5, 5.41) is 2.75. The number of rotatable bonds is 0. The van der Waals surface area contributed by atoms with E-state index in [9.17, 15) is 0 Å². The first-order chi connectivity index (χ1) is 12.7. The van der Waals surface area contributed by atoms with Crippen molar-refractivity contribution < 1.29 is 0 Å². The highest BCUT2D eigenvalue weighted by Crippen LogP contribution is 2.54. The molecular formula is C26H24. The lowest BCUT2D eigenvalue weighted by atomic mass is 9.75. The van der Waals surface area contributed by atoms with Crippen LogP contribution in [0.4, 0.5) is 0 Å². The maximum atomic E-state index is 2.46. The van der Waals surface area contributed by atoms with Crippen LogP contribution in [-0.2, 0) is 5.41 Å². The summed E-state index contributed by atoms with van der Waals surface area (Å²) >= 11 is 0. The predicted molar refractivity (Wildman–Crippen MR) is 112 cm³/mol. The summed E-state index contributed by atoms with van der Waals surface area (Å²) in [5.41, 5.74) is 8.30. The van der Waals surface area contributed by atoms with Gasteiger partial charge in [-0.15, -0.1) is 0 Å². The largest absolute Gasteiger partial charge is 0.0870 e. The van der Waals surface area contributed by atoms with Crippen molar-refractivity contribution in [2.75, 3.05) is 0 Å². The second-order valence-electron chi connectivity index (χ2n) is 7.82. The second-order valence-corrected chi connectivity index (χ2v) is 7.82. The molecule has 0 bridgehead atoms. The zero-order chi connectivity index (χ0) is 17.7. The van der Waals surface area contributed by atoms with E-state index < -0.39 is 0 Å².